The normalized spacial score (nSPS) is 13.6. The highest BCUT2D eigenvalue weighted by Crippen LogP contribution is 2.35. The van der Waals surface area contributed by atoms with Crippen molar-refractivity contribution in [2.75, 3.05) is 0 Å². The van der Waals surface area contributed by atoms with Gasteiger partial charge in [-0.2, -0.15) is 0 Å². The smallest absolute Gasteiger partial charge is 0.317 e. The first-order chi connectivity index (χ1) is 9.60. The Hall–Kier alpha value is 0.150. The van der Waals surface area contributed by atoms with Crippen molar-refractivity contribution in [2.45, 2.75) is 103 Å². The van der Waals surface area contributed by atoms with Gasteiger partial charge >= 0.3 is 8.25 Å². The molecule has 0 saturated carbocycles. The van der Waals surface area contributed by atoms with Crippen molar-refractivity contribution in [3.63, 3.8) is 0 Å². The average molecular weight is 306 g/mol. The van der Waals surface area contributed by atoms with Crippen LogP contribution in [0.15, 0.2) is 0 Å². The molecule has 0 rings (SSSR count). The fraction of sp³-hybridized carbons (Fsp3) is 1.00. The Morgan fingerprint density at radius 2 is 1.30 bits per heavy atom. The summed E-state index contributed by atoms with van der Waals surface area (Å²) in [4.78, 5) is 9.02. The maximum atomic E-state index is 11.0. The zero-order valence-corrected chi connectivity index (χ0v) is 14.7. The van der Waals surface area contributed by atoms with Gasteiger partial charge in [-0.25, -0.2) is 0 Å². The Labute approximate surface area is 126 Å². The van der Waals surface area contributed by atoms with E-state index in [2.05, 4.69) is 6.92 Å². The third kappa shape index (κ3) is 9.96. The van der Waals surface area contributed by atoms with Gasteiger partial charge in [-0.1, -0.05) is 78.6 Å². The molecule has 4 heteroatoms. The van der Waals surface area contributed by atoms with Crippen LogP contribution in [0.5, 0.6) is 0 Å². The lowest BCUT2D eigenvalue weighted by Crippen LogP contribution is -2.28. The quantitative estimate of drug-likeness (QED) is 0.323. The summed E-state index contributed by atoms with van der Waals surface area (Å²) in [6.07, 6.45) is 14.3. The number of hydrogen-bond donors (Lipinski definition) is 1. The molecule has 0 heterocycles. The molecule has 0 radical (unpaired) electrons. The first-order valence-corrected chi connectivity index (χ1v) is 9.78. The number of hydrogen-bond acceptors (Lipinski definition) is 2. The van der Waals surface area contributed by atoms with E-state index in [1.165, 1.54) is 51.4 Å². The van der Waals surface area contributed by atoms with Crippen molar-refractivity contribution in [3.8, 4) is 0 Å². The van der Waals surface area contributed by atoms with Crippen molar-refractivity contribution in [2.24, 2.45) is 0 Å². The third-order valence-electron chi connectivity index (χ3n) is 4.33. The van der Waals surface area contributed by atoms with E-state index in [0.29, 0.717) is 0 Å². The second-order valence-electron chi connectivity index (χ2n) is 5.84. The molecule has 1 N–H and O–H groups in total. The average Bonchev–Trinajstić information content (AvgIpc) is 2.44. The van der Waals surface area contributed by atoms with Crippen LogP contribution in [0.4, 0.5) is 0 Å². The molecule has 1 atom stereocenters. The molecule has 0 fully saturated rings. The minimum absolute atomic E-state index is 0.369. The minimum atomic E-state index is -2.82. The van der Waals surface area contributed by atoms with Gasteiger partial charge in [-0.15, -0.1) is 0 Å². The van der Waals surface area contributed by atoms with Gasteiger partial charge in [-0.3, -0.25) is 4.57 Å². The fourth-order valence-electron chi connectivity index (χ4n) is 2.74. The van der Waals surface area contributed by atoms with Crippen LogP contribution in [-0.2, 0) is 9.09 Å². The Morgan fingerprint density at radius 1 is 0.850 bits per heavy atom. The van der Waals surface area contributed by atoms with Gasteiger partial charge in [0.15, 0.2) is 0 Å². The molecule has 122 valence electrons. The third-order valence-corrected chi connectivity index (χ3v) is 4.94. The Morgan fingerprint density at radius 3 is 1.70 bits per heavy atom. The van der Waals surface area contributed by atoms with Crippen LogP contribution in [0.25, 0.3) is 0 Å². The van der Waals surface area contributed by atoms with Crippen molar-refractivity contribution in [1.82, 2.24) is 0 Å². The first kappa shape index (κ1) is 20.1. The number of unbranched alkanes of at least 4 members (excludes halogenated alkanes) is 8. The summed E-state index contributed by atoms with van der Waals surface area (Å²) in [5, 5.41) is 0. The van der Waals surface area contributed by atoms with E-state index in [1.54, 1.807) is 0 Å². The van der Waals surface area contributed by atoms with Crippen LogP contribution < -0.4 is 0 Å². The molecule has 0 aliphatic rings. The lowest BCUT2D eigenvalue weighted by Gasteiger charge is -2.30. The molecule has 0 aliphatic carbocycles. The molecule has 0 aromatic heterocycles. The summed E-state index contributed by atoms with van der Waals surface area (Å²) in [5.41, 5.74) is -0.369. The van der Waals surface area contributed by atoms with Gasteiger partial charge < -0.3 is 9.42 Å². The SMILES string of the molecule is CCCCCCCCCCCC(CC)(CC)O[PH](=O)O. The topological polar surface area (TPSA) is 46.5 Å². The van der Waals surface area contributed by atoms with Crippen molar-refractivity contribution in [3.05, 3.63) is 0 Å². The van der Waals surface area contributed by atoms with Crippen molar-refractivity contribution in [1.29, 1.82) is 0 Å². The highest BCUT2D eigenvalue weighted by molar-refractivity contribution is 7.32. The van der Waals surface area contributed by atoms with Crippen LogP contribution in [0.1, 0.15) is 97.8 Å². The van der Waals surface area contributed by atoms with Gasteiger partial charge in [0.2, 0.25) is 0 Å². The summed E-state index contributed by atoms with van der Waals surface area (Å²) >= 11 is 0. The maximum absolute atomic E-state index is 11.0. The maximum Gasteiger partial charge on any atom is 0.317 e. The van der Waals surface area contributed by atoms with Gasteiger partial charge in [-0.05, 0) is 19.3 Å². The predicted molar refractivity (Wildman–Crippen MR) is 87.5 cm³/mol. The molecular formula is C16H35O3P. The molecular weight excluding hydrogens is 271 g/mol. The molecule has 1 unspecified atom stereocenters. The summed E-state index contributed by atoms with van der Waals surface area (Å²) in [5.74, 6) is 0. The second kappa shape index (κ2) is 12.9. The van der Waals surface area contributed by atoms with Crippen LogP contribution in [0, 0.1) is 0 Å². The van der Waals surface area contributed by atoms with Crippen molar-refractivity contribution < 1.29 is 14.0 Å². The van der Waals surface area contributed by atoms with E-state index >= 15 is 0 Å². The minimum Gasteiger partial charge on any atom is -0.326 e. The van der Waals surface area contributed by atoms with Gasteiger partial charge in [0.1, 0.15) is 0 Å². The van der Waals surface area contributed by atoms with Gasteiger partial charge in [0.05, 0.1) is 5.60 Å². The van der Waals surface area contributed by atoms with E-state index in [0.717, 1.165) is 25.7 Å². The van der Waals surface area contributed by atoms with E-state index in [1.807, 2.05) is 13.8 Å². The molecule has 0 saturated heterocycles. The molecule has 0 aliphatic heterocycles. The molecule has 0 amide bonds. The van der Waals surface area contributed by atoms with Crippen LogP contribution in [0.2, 0.25) is 0 Å². The highest BCUT2D eigenvalue weighted by atomic mass is 31.1. The first-order valence-electron chi connectivity index (χ1n) is 8.52. The molecule has 0 aromatic carbocycles. The molecule has 0 aromatic rings. The molecule has 0 bridgehead atoms. The van der Waals surface area contributed by atoms with E-state index in [4.69, 9.17) is 9.42 Å². The Bertz CT molecular complexity index is 240. The summed E-state index contributed by atoms with van der Waals surface area (Å²) in [7, 11) is -2.82. The van der Waals surface area contributed by atoms with Crippen LogP contribution in [0.3, 0.4) is 0 Å². The zero-order chi connectivity index (χ0) is 15.3. The van der Waals surface area contributed by atoms with Gasteiger partial charge in [0, 0.05) is 0 Å². The molecule has 20 heavy (non-hydrogen) atoms. The summed E-state index contributed by atoms with van der Waals surface area (Å²) in [6.45, 7) is 6.33. The summed E-state index contributed by atoms with van der Waals surface area (Å²) in [6, 6.07) is 0. The standard InChI is InChI=1S/C16H35O3P/c1-4-7-8-9-10-11-12-13-14-15-16(5-2,6-3)19-20(17)18/h20H,4-15H2,1-3H3,(H,17,18). The van der Waals surface area contributed by atoms with E-state index in [9.17, 15) is 4.57 Å². The lowest BCUT2D eigenvalue weighted by molar-refractivity contribution is 0.0451. The zero-order valence-electron chi connectivity index (χ0n) is 13.7. The Balaban J connectivity index is 3.66. The molecule has 0 spiro atoms. The Kier molecular flexibility index (Phi) is 13.0. The number of rotatable bonds is 14. The fourth-order valence-corrected chi connectivity index (χ4v) is 3.50. The van der Waals surface area contributed by atoms with Crippen molar-refractivity contribution >= 4 is 8.25 Å². The molecule has 3 nitrogen and oxygen atoms in total. The predicted octanol–water partition coefficient (Wildman–Crippen LogP) is 5.86. The highest BCUT2D eigenvalue weighted by Gasteiger charge is 2.28. The van der Waals surface area contributed by atoms with Crippen LogP contribution in [-0.4, -0.2) is 10.5 Å². The van der Waals surface area contributed by atoms with E-state index < -0.39 is 8.25 Å². The van der Waals surface area contributed by atoms with E-state index in [-0.39, 0.29) is 5.60 Å². The monoisotopic (exact) mass is 306 g/mol. The largest absolute Gasteiger partial charge is 0.326 e. The lowest BCUT2D eigenvalue weighted by atomic mass is 9.90. The van der Waals surface area contributed by atoms with Gasteiger partial charge in [0.25, 0.3) is 0 Å². The van der Waals surface area contributed by atoms with Crippen LogP contribution >= 0.6 is 8.25 Å². The summed E-state index contributed by atoms with van der Waals surface area (Å²) < 4.78 is 16.3. The second-order valence-corrected chi connectivity index (χ2v) is 6.57.